The topological polar surface area (TPSA) is 14.2 Å². The van der Waals surface area contributed by atoms with Gasteiger partial charge in [0.15, 0.2) is 0 Å². The van der Waals surface area contributed by atoms with Gasteiger partial charge < -0.3 is 9.30 Å². The minimum atomic E-state index is 0.898. The predicted molar refractivity (Wildman–Crippen MR) is 167 cm³/mol. The SMILES string of the molecule is c1ccc(-n2c3ccccc3c3cc4ccccc4c(-c4ccc5c(c4)-c4cccc6cccc(c46)O5)c32)cc1. The molecule has 1 aliphatic heterocycles. The van der Waals surface area contributed by atoms with E-state index in [9.17, 15) is 0 Å². The molecule has 186 valence electrons. The van der Waals surface area contributed by atoms with Gasteiger partial charge in [0.1, 0.15) is 11.5 Å². The Bertz CT molecular complexity index is 2290. The van der Waals surface area contributed by atoms with Crippen LogP contribution in [0.1, 0.15) is 0 Å². The number of para-hydroxylation sites is 2. The number of rotatable bonds is 2. The first-order chi connectivity index (χ1) is 19.8. The fraction of sp³-hybridized carbons (Fsp3) is 0. The highest BCUT2D eigenvalue weighted by Gasteiger charge is 2.23. The van der Waals surface area contributed by atoms with Gasteiger partial charge >= 0.3 is 0 Å². The normalized spacial score (nSPS) is 12.2. The number of hydrogen-bond acceptors (Lipinski definition) is 1. The van der Waals surface area contributed by atoms with E-state index in [0.29, 0.717) is 0 Å². The molecule has 0 unspecified atom stereocenters. The zero-order valence-electron chi connectivity index (χ0n) is 21.6. The summed E-state index contributed by atoms with van der Waals surface area (Å²) in [6.07, 6.45) is 0. The first-order valence-corrected chi connectivity index (χ1v) is 13.7. The Hall–Kier alpha value is -5.34. The van der Waals surface area contributed by atoms with Gasteiger partial charge in [0.05, 0.1) is 11.0 Å². The van der Waals surface area contributed by atoms with Crippen LogP contribution >= 0.6 is 0 Å². The number of nitrogens with zero attached hydrogens (tertiary/aromatic N) is 1. The van der Waals surface area contributed by atoms with Crippen molar-refractivity contribution in [2.45, 2.75) is 0 Å². The van der Waals surface area contributed by atoms with Crippen molar-refractivity contribution in [3.8, 4) is 39.4 Å². The second-order valence-electron chi connectivity index (χ2n) is 10.5. The van der Waals surface area contributed by atoms with Crippen LogP contribution in [0.25, 0.3) is 71.3 Å². The fourth-order valence-electron chi connectivity index (χ4n) is 6.65. The summed E-state index contributed by atoms with van der Waals surface area (Å²) < 4.78 is 8.88. The van der Waals surface area contributed by atoms with Crippen molar-refractivity contribution in [3.05, 3.63) is 140 Å². The largest absolute Gasteiger partial charge is 0.456 e. The van der Waals surface area contributed by atoms with Crippen LogP contribution in [0.4, 0.5) is 0 Å². The molecule has 2 heterocycles. The molecule has 40 heavy (non-hydrogen) atoms. The van der Waals surface area contributed by atoms with E-state index in [4.69, 9.17) is 4.74 Å². The summed E-state index contributed by atoms with van der Waals surface area (Å²) in [6, 6.07) is 50.1. The van der Waals surface area contributed by atoms with E-state index in [1.54, 1.807) is 0 Å². The van der Waals surface area contributed by atoms with Crippen molar-refractivity contribution in [1.29, 1.82) is 0 Å². The molecule has 2 heteroatoms. The van der Waals surface area contributed by atoms with Gasteiger partial charge in [-0.15, -0.1) is 0 Å². The minimum Gasteiger partial charge on any atom is -0.456 e. The monoisotopic (exact) mass is 509 g/mol. The Morgan fingerprint density at radius 1 is 0.475 bits per heavy atom. The Morgan fingerprint density at radius 3 is 2.12 bits per heavy atom. The Kier molecular flexibility index (Phi) is 4.36. The summed E-state index contributed by atoms with van der Waals surface area (Å²) >= 11 is 0. The van der Waals surface area contributed by atoms with Crippen molar-refractivity contribution in [3.63, 3.8) is 0 Å². The fourth-order valence-corrected chi connectivity index (χ4v) is 6.65. The molecule has 0 atom stereocenters. The summed E-state index contributed by atoms with van der Waals surface area (Å²) in [5.41, 5.74) is 8.36. The molecule has 1 aromatic heterocycles. The van der Waals surface area contributed by atoms with Gasteiger partial charge in [-0.3, -0.25) is 0 Å². The van der Waals surface area contributed by atoms with Crippen LogP contribution in [0.15, 0.2) is 140 Å². The van der Waals surface area contributed by atoms with Crippen molar-refractivity contribution in [2.24, 2.45) is 0 Å². The quantitative estimate of drug-likeness (QED) is 0.226. The van der Waals surface area contributed by atoms with Crippen LogP contribution in [-0.4, -0.2) is 4.57 Å². The molecule has 0 bridgehead atoms. The second kappa shape index (κ2) is 8.08. The molecule has 0 fully saturated rings. The van der Waals surface area contributed by atoms with Crippen molar-refractivity contribution >= 4 is 43.4 Å². The molecule has 0 amide bonds. The standard InChI is InChI=1S/C38H23NO/c1-2-13-27(14-3-1)39-33-18-7-6-16-29(33)32-22-25-10-4-5-15-28(25)37(38(32)39)26-20-21-34-31(23-26)30-17-8-11-24-12-9-19-35(40-34)36(24)30/h1-23H. The summed E-state index contributed by atoms with van der Waals surface area (Å²) in [5, 5.41) is 7.37. The third-order valence-corrected chi connectivity index (χ3v) is 8.34. The van der Waals surface area contributed by atoms with E-state index < -0.39 is 0 Å². The molecule has 0 spiro atoms. The molecule has 0 saturated carbocycles. The molecule has 0 radical (unpaired) electrons. The van der Waals surface area contributed by atoms with Crippen LogP contribution in [0, 0.1) is 0 Å². The van der Waals surface area contributed by atoms with E-state index in [2.05, 4.69) is 144 Å². The smallest absolute Gasteiger partial charge is 0.135 e. The number of hydrogen-bond donors (Lipinski definition) is 0. The lowest BCUT2D eigenvalue weighted by Gasteiger charge is -2.22. The first-order valence-electron chi connectivity index (χ1n) is 13.7. The van der Waals surface area contributed by atoms with Crippen molar-refractivity contribution in [1.82, 2.24) is 4.57 Å². The van der Waals surface area contributed by atoms with Crippen LogP contribution in [0.5, 0.6) is 11.5 Å². The molecule has 1 aliphatic rings. The maximum atomic E-state index is 6.45. The maximum absolute atomic E-state index is 6.45. The highest BCUT2D eigenvalue weighted by atomic mass is 16.5. The van der Waals surface area contributed by atoms with E-state index in [-0.39, 0.29) is 0 Å². The molecule has 0 saturated heterocycles. The number of fused-ring (bicyclic) bond motifs is 6. The zero-order valence-corrected chi connectivity index (χ0v) is 21.6. The summed E-state index contributed by atoms with van der Waals surface area (Å²) in [6.45, 7) is 0. The highest BCUT2D eigenvalue weighted by Crippen LogP contribution is 2.49. The van der Waals surface area contributed by atoms with Gasteiger partial charge in [-0.25, -0.2) is 0 Å². The van der Waals surface area contributed by atoms with E-state index in [0.717, 1.165) is 22.7 Å². The maximum Gasteiger partial charge on any atom is 0.135 e. The molecular weight excluding hydrogens is 486 g/mol. The van der Waals surface area contributed by atoms with E-state index in [1.165, 1.54) is 60.0 Å². The van der Waals surface area contributed by atoms with Gasteiger partial charge in [-0.05, 0) is 69.8 Å². The van der Waals surface area contributed by atoms with Gasteiger partial charge in [0.2, 0.25) is 0 Å². The number of aromatic nitrogens is 1. The molecule has 0 N–H and O–H groups in total. The van der Waals surface area contributed by atoms with Crippen LogP contribution in [-0.2, 0) is 0 Å². The lowest BCUT2D eigenvalue weighted by molar-refractivity contribution is 0.487. The average molecular weight is 510 g/mol. The number of benzene rings is 7. The van der Waals surface area contributed by atoms with Crippen molar-refractivity contribution in [2.75, 3.05) is 0 Å². The third-order valence-electron chi connectivity index (χ3n) is 8.34. The molecule has 7 aromatic carbocycles. The average Bonchev–Trinajstić information content (AvgIpc) is 3.34. The lowest BCUT2D eigenvalue weighted by Crippen LogP contribution is -1.99. The summed E-state index contributed by atoms with van der Waals surface area (Å²) in [5.74, 6) is 1.82. The van der Waals surface area contributed by atoms with Crippen LogP contribution < -0.4 is 4.74 Å². The van der Waals surface area contributed by atoms with Crippen LogP contribution in [0.2, 0.25) is 0 Å². The highest BCUT2D eigenvalue weighted by molar-refractivity contribution is 6.21. The van der Waals surface area contributed by atoms with E-state index >= 15 is 0 Å². The predicted octanol–water partition coefficient (Wildman–Crippen LogP) is 10.5. The van der Waals surface area contributed by atoms with E-state index in [1.807, 2.05) is 0 Å². The summed E-state index contributed by atoms with van der Waals surface area (Å²) in [7, 11) is 0. The van der Waals surface area contributed by atoms with Gasteiger partial charge in [-0.2, -0.15) is 0 Å². The second-order valence-corrected chi connectivity index (χ2v) is 10.5. The third kappa shape index (κ3) is 2.93. The molecule has 2 nitrogen and oxygen atoms in total. The lowest BCUT2D eigenvalue weighted by atomic mass is 9.90. The zero-order chi connectivity index (χ0) is 26.2. The molecule has 9 rings (SSSR count). The summed E-state index contributed by atoms with van der Waals surface area (Å²) in [4.78, 5) is 0. The van der Waals surface area contributed by atoms with Crippen LogP contribution in [0.3, 0.4) is 0 Å². The Balaban J connectivity index is 1.44. The van der Waals surface area contributed by atoms with Crippen molar-refractivity contribution < 1.29 is 4.74 Å². The number of ether oxygens (including phenoxy) is 1. The van der Waals surface area contributed by atoms with Gasteiger partial charge in [0, 0.05) is 33.0 Å². The van der Waals surface area contributed by atoms with Gasteiger partial charge in [0.25, 0.3) is 0 Å². The first kappa shape index (κ1) is 21.6. The Labute approximate surface area is 231 Å². The Morgan fingerprint density at radius 2 is 1.23 bits per heavy atom. The molecule has 8 aromatic rings. The minimum absolute atomic E-state index is 0.898. The van der Waals surface area contributed by atoms with Gasteiger partial charge in [-0.1, -0.05) is 97.1 Å². The molecular formula is C38H23NO. The molecule has 0 aliphatic carbocycles.